The van der Waals surface area contributed by atoms with Gasteiger partial charge in [-0.05, 0) is 30.0 Å². The van der Waals surface area contributed by atoms with E-state index in [2.05, 4.69) is 24.9 Å². The molecule has 0 aliphatic rings. The largest absolute Gasteiger partial charge is 0.375 e. The summed E-state index contributed by atoms with van der Waals surface area (Å²) in [5, 5.41) is 9.77. The van der Waals surface area contributed by atoms with Crippen molar-refractivity contribution in [1.29, 1.82) is 5.26 Å². The third-order valence-corrected chi connectivity index (χ3v) is 3.46. The number of benzene rings is 1. The maximum atomic E-state index is 9.21. The van der Waals surface area contributed by atoms with Gasteiger partial charge in [0.05, 0.1) is 21.8 Å². The summed E-state index contributed by atoms with van der Waals surface area (Å²) in [4.78, 5) is 4.33. The van der Waals surface area contributed by atoms with Gasteiger partial charge >= 0.3 is 0 Å². The molecule has 82 valence electrons. The van der Waals surface area contributed by atoms with Crippen molar-refractivity contribution in [3.63, 3.8) is 0 Å². The molecule has 0 aliphatic heterocycles. The molecular formula is C12H13N3S. The van der Waals surface area contributed by atoms with Crippen LogP contribution in [0.25, 0.3) is 10.2 Å². The normalized spacial score (nSPS) is 10.9. The van der Waals surface area contributed by atoms with Gasteiger partial charge in [-0.25, -0.2) is 4.98 Å². The van der Waals surface area contributed by atoms with E-state index in [1.807, 2.05) is 13.0 Å². The minimum atomic E-state index is 0.276. The molecule has 4 heteroatoms. The van der Waals surface area contributed by atoms with Crippen LogP contribution in [-0.4, -0.2) is 4.98 Å². The maximum absolute atomic E-state index is 9.21. The summed E-state index contributed by atoms with van der Waals surface area (Å²) in [6, 6.07) is 4.26. The summed E-state index contributed by atoms with van der Waals surface area (Å²) >= 11 is 1.47. The van der Waals surface area contributed by atoms with Crippen LogP contribution in [0.3, 0.4) is 0 Å². The van der Waals surface area contributed by atoms with Crippen LogP contribution in [-0.2, 0) is 0 Å². The zero-order chi connectivity index (χ0) is 11.9. The second-order valence-electron chi connectivity index (χ2n) is 4.15. The molecule has 1 aromatic heterocycles. The summed E-state index contributed by atoms with van der Waals surface area (Å²) < 4.78 is 1.07. The van der Waals surface area contributed by atoms with Crippen molar-refractivity contribution in [3.8, 4) is 6.07 Å². The van der Waals surface area contributed by atoms with Crippen LogP contribution in [0, 0.1) is 18.3 Å². The Labute approximate surface area is 98.5 Å². The van der Waals surface area contributed by atoms with Crippen molar-refractivity contribution in [2.45, 2.75) is 26.7 Å². The number of hydrogen-bond donors (Lipinski definition) is 1. The molecule has 2 rings (SSSR count). The fourth-order valence-corrected chi connectivity index (χ4v) is 2.80. The monoisotopic (exact) mass is 231 g/mol. The Hall–Kier alpha value is -1.60. The van der Waals surface area contributed by atoms with Gasteiger partial charge < -0.3 is 5.73 Å². The predicted octanol–water partition coefficient (Wildman–Crippen LogP) is 3.18. The number of nitrogen functional groups attached to an aromatic ring is 1. The lowest BCUT2D eigenvalue weighted by atomic mass is 9.93. The van der Waals surface area contributed by atoms with Gasteiger partial charge in [-0.1, -0.05) is 25.2 Å². The van der Waals surface area contributed by atoms with Crippen LogP contribution >= 0.6 is 11.3 Å². The highest BCUT2D eigenvalue weighted by atomic mass is 32.1. The first kappa shape index (κ1) is 10.9. The third kappa shape index (κ3) is 1.54. The standard InChI is InChI=1S/C12H13N3S/c1-6(2)10-8(5-13)7(3)4-9-11(10)15-12(14)16-9/h4,6H,1-3H3,(H2,14,15). The number of rotatable bonds is 1. The lowest BCUT2D eigenvalue weighted by molar-refractivity contribution is 0.868. The van der Waals surface area contributed by atoms with Gasteiger partial charge in [0, 0.05) is 0 Å². The molecule has 16 heavy (non-hydrogen) atoms. The lowest BCUT2D eigenvalue weighted by Crippen LogP contribution is -1.97. The van der Waals surface area contributed by atoms with Crippen LogP contribution in [0.2, 0.25) is 0 Å². The number of aromatic nitrogens is 1. The van der Waals surface area contributed by atoms with E-state index < -0.39 is 0 Å². The van der Waals surface area contributed by atoms with Gasteiger partial charge in [0.15, 0.2) is 5.13 Å². The molecule has 0 unspecified atom stereocenters. The molecule has 0 saturated heterocycles. The third-order valence-electron chi connectivity index (χ3n) is 2.63. The van der Waals surface area contributed by atoms with E-state index in [-0.39, 0.29) is 5.92 Å². The van der Waals surface area contributed by atoms with E-state index >= 15 is 0 Å². The molecule has 1 aromatic carbocycles. The van der Waals surface area contributed by atoms with Gasteiger partial charge in [-0.2, -0.15) is 5.26 Å². The molecule has 0 amide bonds. The average Bonchev–Trinajstić information content (AvgIpc) is 2.55. The van der Waals surface area contributed by atoms with Crippen LogP contribution < -0.4 is 5.73 Å². The molecule has 0 fully saturated rings. The van der Waals surface area contributed by atoms with Gasteiger partial charge in [0.25, 0.3) is 0 Å². The van der Waals surface area contributed by atoms with Crippen LogP contribution in [0.1, 0.15) is 36.5 Å². The summed E-state index contributed by atoms with van der Waals surface area (Å²) in [7, 11) is 0. The fourth-order valence-electron chi connectivity index (χ4n) is 1.95. The van der Waals surface area contributed by atoms with Crippen LogP contribution in [0.4, 0.5) is 5.13 Å². The molecule has 2 N–H and O–H groups in total. The molecular weight excluding hydrogens is 218 g/mol. The van der Waals surface area contributed by atoms with Gasteiger partial charge in [-0.15, -0.1) is 0 Å². The second kappa shape index (κ2) is 3.76. The van der Waals surface area contributed by atoms with Gasteiger partial charge in [0.2, 0.25) is 0 Å². The Kier molecular flexibility index (Phi) is 2.56. The molecule has 0 saturated carbocycles. The number of anilines is 1. The highest BCUT2D eigenvalue weighted by Gasteiger charge is 2.16. The van der Waals surface area contributed by atoms with Crippen molar-refractivity contribution >= 4 is 26.7 Å². The number of fused-ring (bicyclic) bond motifs is 1. The molecule has 0 spiro atoms. The highest BCUT2D eigenvalue weighted by Crippen LogP contribution is 2.34. The van der Waals surface area contributed by atoms with E-state index in [4.69, 9.17) is 5.73 Å². The first-order valence-corrected chi connectivity index (χ1v) is 5.95. The number of nitrogens with zero attached hydrogens (tertiary/aromatic N) is 2. The van der Waals surface area contributed by atoms with Crippen molar-refractivity contribution in [1.82, 2.24) is 4.98 Å². The van der Waals surface area contributed by atoms with Gasteiger partial charge in [-0.3, -0.25) is 0 Å². The van der Waals surface area contributed by atoms with Crippen LogP contribution in [0.5, 0.6) is 0 Å². The number of nitrogens with two attached hydrogens (primary N) is 1. The zero-order valence-electron chi connectivity index (χ0n) is 9.53. The number of nitriles is 1. The second-order valence-corrected chi connectivity index (χ2v) is 5.21. The van der Waals surface area contributed by atoms with Crippen LogP contribution in [0.15, 0.2) is 6.07 Å². The molecule has 3 nitrogen and oxygen atoms in total. The first-order valence-electron chi connectivity index (χ1n) is 5.14. The van der Waals surface area contributed by atoms with E-state index in [0.717, 1.165) is 26.9 Å². The Bertz CT molecular complexity index is 590. The molecule has 0 bridgehead atoms. The topological polar surface area (TPSA) is 62.7 Å². The molecule has 0 aliphatic carbocycles. The average molecular weight is 231 g/mol. The minimum absolute atomic E-state index is 0.276. The first-order chi connectivity index (χ1) is 7.54. The van der Waals surface area contributed by atoms with Crippen molar-refractivity contribution < 1.29 is 0 Å². The van der Waals surface area contributed by atoms with Crippen molar-refractivity contribution in [3.05, 3.63) is 22.8 Å². The Morgan fingerprint density at radius 2 is 2.19 bits per heavy atom. The zero-order valence-corrected chi connectivity index (χ0v) is 10.4. The van der Waals surface area contributed by atoms with E-state index in [0.29, 0.717) is 5.13 Å². The minimum Gasteiger partial charge on any atom is -0.375 e. The van der Waals surface area contributed by atoms with Crippen molar-refractivity contribution in [2.75, 3.05) is 5.73 Å². The number of aryl methyl sites for hydroxylation is 1. The molecule has 1 heterocycles. The lowest BCUT2D eigenvalue weighted by Gasteiger charge is -2.10. The molecule has 2 aromatic rings. The summed E-state index contributed by atoms with van der Waals surface area (Å²) in [6.07, 6.45) is 0. The maximum Gasteiger partial charge on any atom is 0.181 e. The predicted molar refractivity (Wildman–Crippen MR) is 67.6 cm³/mol. The Morgan fingerprint density at radius 1 is 1.50 bits per heavy atom. The fraction of sp³-hybridized carbons (Fsp3) is 0.333. The SMILES string of the molecule is Cc1cc2sc(N)nc2c(C(C)C)c1C#N. The van der Waals surface area contributed by atoms with E-state index in [9.17, 15) is 5.26 Å². The highest BCUT2D eigenvalue weighted by molar-refractivity contribution is 7.22. The summed E-state index contributed by atoms with van der Waals surface area (Å²) in [5.41, 5.74) is 9.38. The Morgan fingerprint density at radius 3 is 2.75 bits per heavy atom. The van der Waals surface area contributed by atoms with E-state index in [1.165, 1.54) is 11.3 Å². The molecule has 0 atom stereocenters. The number of hydrogen-bond acceptors (Lipinski definition) is 4. The Balaban J connectivity index is 2.93. The summed E-state index contributed by atoms with van der Waals surface area (Å²) in [5.74, 6) is 0.276. The quantitative estimate of drug-likeness (QED) is 0.819. The summed E-state index contributed by atoms with van der Waals surface area (Å²) in [6.45, 7) is 6.11. The molecule has 0 radical (unpaired) electrons. The van der Waals surface area contributed by atoms with Crippen molar-refractivity contribution in [2.24, 2.45) is 0 Å². The number of thiazole rings is 1. The van der Waals surface area contributed by atoms with E-state index in [1.54, 1.807) is 0 Å². The van der Waals surface area contributed by atoms with Gasteiger partial charge in [0.1, 0.15) is 0 Å². The smallest absolute Gasteiger partial charge is 0.181 e.